The van der Waals surface area contributed by atoms with E-state index in [1.165, 1.54) is 4.90 Å². The Morgan fingerprint density at radius 3 is 2.17 bits per heavy atom. The number of aromatic nitrogens is 2. The van der Waals surface area contributed by atoms with Gasteiger partial charge in [-0.1, -0.05) is 54.1 Å². The minimum absolute atomic E-state index is 0.0798. The van der Waals surface area contributed by atoms with Crippen LogP contribution in [0.15, 0.2) is 72.9 Å². The highest BCUT2D eigenvalue weighted by Crippen LogP contribution is 2.37. The zero-order valence-electron chi connectivity index (χ0n) is 16.2. The summed E-state index contributed by atoms with van der Waals surface area (Å²) in [6.07, 6.45) is 7.18. The maximum absolute atomic E-state index is 13.0. The third-order valence-electron chi connectivity index (χ3n) is 5.86. The van der Waals surface area contributed by atoms with E-state index in [-0.39, 0.29) is 30.2 Å². The van der Waals surface area contributed by atoms with Gasteiger partial charge in [0, 0.05) is 22.3 Å². The fourth-order valence-electron chi connectivity index (χ4n) is 4.28. The molecule has 2 heterocycles. The van der Waals surface area contributed by atoms with Crippen LogP contribution in [0.5, 0.6) is 0 Å². The summed E-state index contributed by atoms with van der Waals surface area (Å²) in [4.78, 5) is 27.3. The van der Waals surface area contributed by atoms with Gasteiger partial charge in [0.05, 0.1) is 29.8 Å². The molecule has 2 atom stereocenters. The third kappa shape index (κ3) is 3.25. The van der Waals surface area contributed by atoms with Gasteiger partial charge in [0.25, 0.3) is 0 Å². The highest BCUT2D eigenvalue weighted by atomic mass is 35.5. The molecular formula is C24H20ClN3O2. The Hall–Kier alpha value is -3.18. The Morgan fingerprint density at radius 2 is 1.53 bits per heavy atom. The van der Waals surface area contributed by atoms with Gasteiger partial charge in [-0.2, -0.15) is 5.10 Å². The topological polar surface area (TPSA) is 55.2 Å². The zero-order valence-corrected chi connectivity index (χ0v) is 17.0. The molecule has 1 saturated heterocycles. The van der Waals surface area contributed by atoms with Crippen LogP contribution >= 0.6 is 11.6 Å². The van der Waals surface area contributed by atoms with E-state index in [1.54, 1.807) is 4.68 Å². The highest BCUT2D eigenvalue weighted by molar-refractivity contribution is 6.30. The van der Waals surface area contributed by atoms with Crippen molar-refractivity contribution < 1.29 is 9.59 Å². The number of amides is 2. The SMILES string of the molecule is O=C1[C@H]2CC=CC[C@@H]2C(=O)N1Cc1cn(-c2ccccc2)nc1-c1ccc(Cl)cc1. The predicted octanol–water partition coefficient (Wildman–Crippen LogP) is 4.64. The number of hydrogen-bond donors (Lipinski definition) is 0. The largest absolute Gasteiger partial charge is 0.277 e. The summed E-state index contributed by atoms with van der Waals surface area (Å²) in [7, 11) is 0. The number of benzene rings is 2. The zero-order chi connectivity index (χ0) is 20.7. The monoisotopic (exact) mass is 417 g/mol. The van der Waals surface area contributed by atoms with Gasteiger partial charge >= 0.3 is 0 Å². The lowest BCUT2D eigenvalue weighted by molar-refractivity contribution is -0.140. The Kier molecular flexibility index (Phi) is 4.75. The second kappa shape index (κ2) is 7.58. The number of likely N-dealkylation sites (tertiary alicyclic amines) is 1. The van der Waals surface area contributed by atoms with E-state index in [0.29, 0.717) is 17.9 Å². The number of hydrogen-bond acceptors (Lipinski definition) is 3. The minimum Gasteiger partial charge on any atom is -0.277 e. The van der Waals surface area contributed by atoms with Crippen molar-refractivity contribution in [2.75, 3.05) is 0 Å². The van der Waals surface area contributed by atoms with Crippen molar-refractivity contribution >= 4 is 23.4 Å². The molecule has 1 aliphatic heterocycles. The Balaban J connectivity index is 1.53. The van der Waals surface area contributed by atoms with Crippen molar-refractivity contribution in [2.45, 2.75) is 19.4 Å². The standard InChI is InChI=1S/C24H20ClN3O2/c25-18-12-10-16(11-13-18)22-17(15-28(26-22)19-6-2-1-3-7-19)14-27-23(29)20-8-4-5-9-21(20)24(27)30/h1-7,10-13,15,20-21H,8-9,14H2/t20-,21-/m0/s1. The number of fused-ring (bicyclic) bond motifs is 1. The van der Waals surface area contributed by atoms with E-state index < -0.39 is 0 Å². The van der Waals surface area contributed by atoms with E-state index in [2.05, 4.69) is 0 Å². The number of rotatable bonds is 4. The van der Waals surface area contributed by atoms with Gasteiger partial charge in [0.1, 0.15) is 0 Å². The van der Waals surface area contributed by atoms with Crippen LogP contribution in [0.2, 0.25) is 5.02 Å². The number of imide groups is 1. The molecule has 1 aromatic heterocycles. The lowest BCUT2D eigenvalue weighted by atomic mass is 9.85. The molecule has 3 aromatic rings. The predicted molar refractivity (Wildman–Crippen MR) is 115 cm³/mol. The first-order valence-corrected chi connectivity index (χ1v) is 10.4. The average Bonchev–Trinajstić information content (AvgIpc) is 3.31. The number of carbonyl (C=O) groups excluding carboxylic acids is 2. The lowest BCUT2D eigenvalue weighted by Gasteiger charge is -2.14. The average molecular weight is 418 g/mol. The molecule has 0 bridgehead atoms. The molecule has 0 unspecified atom stereocenters. The summed E-state index contributed by atoms with van der Waals surface area (Å²) in [5.74, 6) is -0.621. The maximum atomic E-state index is 13.0. The first-order valence-electron chi connectivity index (χ1n) is 10.0. The molecule has 2 amide bonds. The fourth-order valence-corrected chi connectivity index (χ4v) is 4.41. The third-order valence-corrected chi connectivity index (χ3v) is 6.11. The van der Waals surface area contributed by atoms with Crippen molar-refractivity contribution in [1.29, 1.82) is 0 Å². The van der Waals surface area contributed by atoms with Gasteiger partial charge in [-0.25, -0.2) is 4.68 Å². The van der Waals surface area contributed by atoms with Crippen LogP contribution < -0.4 is 0 Å². The van der Waals surface area contributed by atoms with Crippen LogP contribution in [0.4, 0.5) is 0 Å². The summed E-state index contributed by atoms with van der Waals surface area (Å²) in [6.45, 7) is 0.218. The number of para-hydroxylation sites is 1. The molecule has 1 fully saturated rings. The quantitative estimate of drug-likeness (QED) is 0.459. The van der Waals surface area contributed by atoms with E-state index >= 15 is 0 Å². The fraction of sp³-hybridized carbons (Fsp3) is 0.208. The molecule has 0 spiro atoms. The molecule has 30 heavy (non-hydrogen) atoms. The number of allylic oxidation sites excluding steroid dienone is 2. The number of halogens is 1. The first kappa shape index (κ1) is 18.8. The second-order valence-corrected chi connectivity index (χ2v) is 8.14. The summed E-state index contributed by atoms with van der Waals surface area (Å²) in [6, 6.07) is 17.2. The highest BCUT2D eigenvalue weighted by Gasteiger charge is 2.47. The van der Waals surface area contributed by atoms with Crippen LogP contribution in [0.25, 0.3) is 16.9 Å². The van der Waals surface area contributed by atoms with Crippen molar-refractivity contribution in [3.8, 4) is 16.9 Å². The maximum Gasteiger partial charge on any atom is 0.233 e. The molecule has 0 saturated carbocycles. The molecule has 150 valence electrons. The van der Waals surface area contributed by atoms with Gasteiger partial charge in [0.15, 0.2) is 0 Å². The summed E-state index contributed by atoms with van der Waals surface area (Å²) < 4.78 is 1.79. The van der Waals surface area contributed by atoms with Crippen molar-refractivity contribution in [1.82, 2.24) is 14.7 Å². The van der Waals surface area contributed by atoms with Crippen LogP contribution in [0, 0.1) is 11.8 Å². The van der Waals surface area contributed by atoms with Gasteiger partial charge in [-0.05, 0) is 37.1 Å². The van der Waals surface area contributed by atoms with Crippen molar-refractivity contribution in [2.24, 2.45) is 11.8 Å². The van der Waals surface area contributed by atoms with Crippen molar-refractivity contribution in [3.63, 3.8) is 0 Å². The summed E-state index contributed by atoms with van der Waals surface area (Å²) in [5.41, 5.74) is 3.37. The molecule has 1 aliphatic carbocycles. The lowest BCUT2D eigenvalue weighted by Crippen LogP contribution is -2.30. The molecule has 2 aliphatic rings. The molecule has 0 N–H and O–H groups in total. The van der Waals surface area contributed by atoms with Crippen LogP contribution in [-0.2, 0) is 16.1 Å². The van der Waals surface area contributed by atoms with Crippen LogP contribution in [0.1, 0.15) is 18.4 Å². The Bertz CT molecular complexity index is 1110. The molecule has 5 nitrogen and oxygen atoms in total. The number of nitrogens with zero attached hydrogens (tertiary/aromatic N) is 3. The van der Waals surface area contributed by atoms with E-state index in [4.69, 9.17) is 16.7 Å². The van der Waals surface area contributed by atoms with Gasteiger partial charge in [0.2, 0.25) is 11.8 Å². The van der Waals surface area contributed by atoms with Gasteiger partial charge in [-0.3, -0.25) is 14.5 Å². The Labute approximate surface area is 179 Å². The van der Waals surface area contributed by atoms with Gasteiger partial charge in [-0.15, -0.1) is 0 Å². The Morgan fingerprint density at radius 1 is 0.900 bits per heavy atom. The van der Waals surface area contributed by atoms with Crippen LogP contribution in [-0.4, -0.2) is 26.5 Å². The number of carbonyl (C=O) groups is 2. The molecule has 0 radical (unpaired) electrons. The van der Waals surface area contributed by atoms with E-state index in [1.807, 2.05) is 72.9 Å². The van der Waals surface area contributed by atoms with E-state index in [9.17, 15) is 9.59 Å². The molecular weight excluding hydrogens is 398 g/mol. The molecule has 2 aromatic carbocycles. The van der Waals surface area contributed by atoms with Crippen molar-refractivity contribution in [3.05, 3.63) is 83.5 Å². The minimum atomic E-state index is -0.231. The summed E-state index contributed by atoms with van der Waals surface area (Å²) in [5, 5.41) is 5.42. The first-order chi connectivity index (χ1) is 14.6. The molecule has 6 heteroatoms. The summed E-state index contributed by atoms with van der Waals surface area (Å²) >= 11 is 6.06. The molecule has 5 rings (SSSR count). The normalized spacial score (nSPS) is 20.6. The second-order valence-electron chi connectivity index (χ2n) is 7.71. The van der Waals surface area contributed by atoms with Gasteiger partial charge < -0.3 is 0 Å². The van der Waals surface area contributed by atoms with Crippen LogP contribution in [0.3, 0.4) is 0 Å². The smallest absolute Gasteiger partial charge is 0.233 e. The van der Waals surface area contributed by atoms with E-state index in [0.717, 1.165) is 22.5 Å².